The van der Waals surface area contributed by atoms with Crippen LogP contribution in [-0.4, -0.2) is 28.3 Å². The van der Waals surface area contributed by atoms with E-state index in [0.29, 0.717) is 21.2 Å². The van der Waals surface area contributed by atoms with Crippen molar-refractivity contribution >= 4 is 57.8 Å². The molecule has 1 heterocycles. The van der Waals surface area contributed by atoms with E-state index in [9.17, 15) is 9.59 Å². The van der Waals surface area contributed by atoms with E-state index in [1.165, 1.54) is 6.07 Å². The Labute approximate surface area is 164 Å². The highest BCUT2D eigenvalue weighted by Crippen LogP contribution is 2.33. The van der Waals surface area contributed by atoms with Gasteiger partial charge in [0.25, 0.3) is 11.8 Å². The van der Waals surface area contributed by atoms with Crippen LogP contribution in [0.1, 0.15) is 15.9 Å². The summed E-state index contributed by atoms with van der Waals surface area (Å²) >= 11 is 12.2. The number of methoxy groups -OCH3 is 1. The number of thioether (sulfide) groups is 1. The molecule has 0 atom stereocenters. The Morgan fingerprint density at radius 2 is 2.04 bits per heavy atom. The molecule has 2 aromatic rings. The van der Waals surface area contributed by atoms with E-state index in [-0.39, 0.29) is 4.32 Å². The smallest absolute Gasteiger partial charge is 0.285 e. The number of nitrogens with zero attached hydrogens (tertiary/aromatic N) is 1. The summed E-state index contributed by atoms with van der Waals surface area (Å²) in [6.07, 6.45) is 1.68. The number of hydrogen-bond acceptors (Lipinski definition) is 5. The molecule has 2 amide bonds. The molecule has 3 rings (SSSR count). The molecule has 26 heavy (non-hydrogen) atoms. The summed E-state index contributed by atoms with van der Waals surface area (Å²) in [4.78, 5) is 25.4. The van der Waals surface area contributed by atoms with E-state index in [1.54, 1.807) is 37.5 Å². The van der Waals surface area contributed by atoms with Crippen LogP contribution in [0.15, 0.2) is 53.4 Å². The maximum Gasteiger partial charge on any atom is 0.285 e. The standard InChI is InChI=1S/C18H13ClN2O3S2/c1-24-14-8-3-2-5-11(14)10-15-17(23)21(18(25)26-15)20-16(22)12-6-4-7-13(19)9-12/h2-10H,1H3,(H,20,22)/b15-10+. The summed E-state index contributed by atoms with van der Waals surface area (Å²) in [6.45, 7) is 0. The van der Waals surface area contributed by atoms with Crippen LogP contribution in [-0.2, 0) is 4.79 Å². The lowest BCUT2D eigenvalue weighted by Gasteiger charge is -2.15. The van der Waals surface area contributed by atoms with E-state index in [2.05, 4.69) is 5.43 Å². The fourth-order valence-corrected chi connectivity index (χ4v) is 3.65. The molecule has 0 spiro atoms. The lowest BCUT2D eigenvalue weighted by molar-refractivity contribution is -0.123. The first-order chi connectivity index (χ1) is 12.5. The van der Waals surface area contributed by atoms with E-state index < -0.39 is 11.8 Å². The number of benzene rings is 2. The van der Waals surface area contributed by atoms with Crippen molar-refractivity contribution in [2.75, 3.05) is 7.11 Å². The first-order valence-corrected chi connectivity index (χ1v) is 9.07. The van der Waals surface area contributed by atoms with E-state index in [1.807, 2.05) is 18.2 Å². The average molecular weight is 405 g/mol. The number of nitrogens with one attached hydrogen (secondary N) is 1. The highest BCUT2D eigenvalue weighted by Gasteiger charge is 2.34. The molecule has 1 aliphatic rings. The number of ether oxygens (including phenoxy) is 1. The Bertz CT molecular complexity index is 930. The fourth-order valence-electron chi connectivity index (χ4n) is 2.29. The van der Waals surface area contributed by atoms with E-state index >= 15 is 0 Å². The second-order valence-electron chi connectivity index (χ2n) is 5.21. The summed E-state index contributed by atoms with van der Waals surface area (Å²) < 4.78 is 5.53. The zero-order chi connectivity index (χ0) is 18.7. The van der Waals surface area contributed by atoms with Crippen LogP contribution in [0.4, 0.5) is 0 Å². The van der Waals surface area contributed by atoms with Gasteiger partial charge in [-0.15, -0.1) is 0 Å². The molecule has 0 bridgehead atoms. The number of amides is 2. The summed E-state index contributed by atoms with van der Waals surface area (Å²) in [6, 6.07) is 13.7. The molecule has 5 nitrogen and oxygen atoms in total. The summed E-state index contributed by atoms with van der Waals surface area (Å²) in [5.74, 6) is -0.232. The SMILES string of the molecule is COc1ccccc1/C=C1/SC(=S)N(NC(=O)c2cccc(Cl)c2)C1=O. The minimum atomic E-state index is -0.470. The van der Waals surface area contributed by atoms with E-state index in [0.717, 1.165) is 22.3 Å². The molecule has 132 valence electrons. The molecule has 1 aliphatic heterocycles. The van der Waals surface area contributed by atoms with Gasteiger partial charge in [0.05, 0.1) is 12.0 Å². The zero-order valence-electron chi connectivity index (χ0n) is 13.6. The Kier molecular flexibility index (Phi) is 5.61. The van der Waals surface area contributed by atoms with Crippen LogP contribution >= 0.6 is 35.6 Å². The number of thiocarbonyl (C=S) groups is 1. The summed E-state index contributed by atoms with van der Waals surface area (Å²) in [5, 5.41) is 1.49. The van der Waals surface area contributed by atoms with Gasteiger partial charge in [0, 0.05) is 16.1 Å². The van der Waals surface area contributed by atoms with Crippen molar-refractivity contribution in [2.24, 2.45) is 0 Å². The van der Waals surface area contributed by atoms with Crippen molar-refractivity contribution in [3.05, 3.63) is 69.6 Å². The number of hydrazine groups is 1. The summed E-state index contributed by atoms with van der Waals surface area (Å²) in [5.41, 5.74) is 3.60. The molecule has 0 aromatic heterocycles. The minimum Gasteiger partial charge on any atom is -0.496 e. The second kappa shape index (κ2) is 7.90. The van der Waals surface area contributed by atoms with Gasteiger partial charge in [-0.05, 0) is 42.6 Å². The van der Waals surface area contributed by atoms with Gasteiger partial charge in [-0.25, -0.2) is 0 Å². The lowest BCUT2D eigenvalue weighted by Crippen LogP contribution is -2.44. The topological polar surface area (TPSA) is 58.6 Å². The number of halogens is 1. The molecular formula is C18H13ClN2O3S2. The average Bonchev–Trinajstić information content (AvgIpc) is 2.89. The Hall–Kier alpha value is -2.35. The maximum absolute atomic E-state index is 12.6. The molecule has 1 N–H and O–H groups in total. The first-order valence-electron chi connectivity index (χ1n) is 7.47. The number of hydrogen-bond donors (Lipinski definition) is 1. The molecule has 0 radical (unpaired) electrons. The van der Waals surface area contributed by atoms with Gasteiger partial charge in [-0.3, -0.25) is 15.0 Å². The predicted octanol–water partition coefficient (Wildman–Crippen LogP) is 3.89. The normalized spacial score (nSPS) is 15.5. The lowest BCUT2D eigenvalue weighted by atomic mass is 10.2. The minimum absolute atomic E-state index is 0.242. The van der Waals surface area contributed by atoms with Crippen LogP contribution in [0.3, 0.4) is 0 Å². The quantitative estimate of drug-likeness (QED) is 0.618. The van der Waals surface area contributed by atoms with Gasteiger partial charge in [0.15, 0.2) is 4.32 Å². The van der Waals surface area contributed by atoms with Crippen molar-refractivity contribution in [1.82, 2.24) is 10.4 Å². The predicted molar refractivity (Wildman–Crippen MR) is 107 cm³/mol. The van der Waals surface area contributed by atoms with Crippen LogP contribution in [0, 0.1) is 0 Å². The van der Waals surface area contributed by atoms with Crippen LogP contribution in [0.5, 0.6) is 5.75 Å². The number of carbonyl (C=O) groups is 2. The molecule has 2 aromatic carbocycles. The Morgan fingerprint density at radius 1 is 1.27 bits per heavy atom. The van der Waals surface area contributed by atoms with Crippen molar-refractivity contribution in [3.63, 3.8) is 0 Å². The van der Waals surface area contributed by atoms with Crippen LogP contribution < -0.4 is 10.2 Å². The Balaban J connectivity index is 1.81. The molecule has 0 unspecified atom stereocenters. The third kappa shape index (κ3) is 3.90. The third-order valence-corrected chi connectivity index (χ3v) is 5.06. The number of rotatable bonds is 4. The number of para-hydroxylation sites is 1. The third-order valence-electron chi connectivity index (χ3n) is 3.52. The van der Waals surface area contributed by atoms with E-state index in [4.69, 9.17) is 28.6 Å². The Morgan fingerprint density at radius 3 is 2.77 bits per heavy atom. The molecular weight excluding hydrogens is 392 g/mol. The largest absolute Gasteiger partial charge is 0.496 e. The van der Waals surface area contributed by atoms with Gasteiger partial charge >= 0.3 is 0 Å². The van der Waals surface area contributed by atoms with Crippen molar-refractivity contribution in [1.29, 1.82) is 0 Å². The van der Waals surface area contributed by atoms with Gasteiger partial charge < -0.3 is 4.74 Å². The number of carbonyl (C=O) groups excluding carboxylic acids is 2. The van der Waals surface area contributed by atoms with Crippen molar-refractivity contribution in [2.45, 2.75) is 0 Å². The summed E-state index contributed by atoms with van der Waals surface area (Å²) in [7, 11) is 1.56. The molecule has 8 heteroatoms. The van der Waals surface area contributed by atoms with Crippen molar-refractivity contribution < 1.29 is 14.3 Å². The van der Waals surface area contributed by atoms with Gasteiger partial charge in [-0.1, -0.05) is 47.6 Å². The monoisotopic (exact) mass is 404 g/mol. The molecule has 0 aliphatic carbocycles. The molecule has 1 saturated heterocycles. The fraction of sp³-hybridized carbons (Fsp3) is 0.0556. The van der Waals surface area contributed by atoms with Gasteiger partial charge in [-0.2, -0.15) is 5.01 Å². The van der Waals surface area contributed by atoms with Gasteiger partial charge in [0.2, 0.25) is 0 Å². The van der Waals surface area contributed by atoms with Crippen molar-refractivity contribution in [3.8, 4) is 5.75 Å². The van der Waals surface area contributed by atoms with Crippen LogP contribution in [0.2, 0.25) is 5.02 Å². The first kappa shape index (κ1) is 18.4. The highest BCUT2D eigenvalue weighted by atomic mass is 35.5. The second-order valence-corrected chi connectivity index (χ2v) is 7.32. The molecule has 0 saturated carbocycles. The highest BCUT2D eigenvalue weighted by molar-refractivity contribution is 8.26. The van der Waals surface area contributed by atoms with Crippen LogP contribution in [0.25, 0.3) is 6.08 Å². The molecule has 1 fully saturated rings. The zero-order valence-corrected chi connectivity index (χ0v) is 16.0. The van der Waals surface area contributed by atoms with Gasteiger partial charge in [0.1, 0.15) is 5.75 Å². The maximum atomic E-state index is 12.6.